The largest absolute Gasteiger partial charge is 0.341 e. The Kier molecular flexibility index (Phi) is 3.29. The summed E-state index contributed by atoms with van der Waals surface area (Å²) >= 11 is 0. The molecule has 1 unspecified atom stereocenters. The van der Waals surface area contributed by atoms with Crippen LogP contribution in [0.15, 0.2) is 0 Å². The minimum Gasteiger partial charge on any atom is -0.341 e. The average Bonchev–Trinajstić information content (AvgIpc) is 2.54. The molecule has 2 aliphatic heterocycles. The number of carbonyl (C=O) groups excluding carboxylic acids is 1. The van der Waals surface area contributed by atoms with E-state index in [4.69, 9.17) is 0 Å². The van der Waals surface area contributed by atoms with Gasteiger partial charge in [0, 0.05) is 31.6 Å². The van der Waals surface area contributed by atoms with Gasteiger partial charge in [-0.2, -0.15) is 0 Å². The van der Waals surface area contributed by atoms with Crippen LogP contribution >= 0.6 is 0 Å². The van der Waals surface area contributed by atoms with Gasteiger partial charge in [-0.3, -0.25) is 9.69 Å². The Morgan fingerprint density at radius 1 is 1.20 bits per heavy atom. The third-order valence-electron chi connectivity index (χ3n) is 3.61. The van der Waals surface area contributed by atoms with Gasteiger partial charge in [0.2, 0.25) is 5.91 Å². The van der Waals surface area contributed by atoms with Gasteiger partial charge in [-0.05, 0) is 25.8 Å². The lowest BCUT2D eigenvalue weighted by molar-refractivity contribution is -0.134. The molecule has 0 aromatic heterocycles. The van der Waals surface area contributed by atoms with Crippen LogP contribution in [0.4, 0.5) is 0 Å². The Morgan fingerprint density at radius 3 is 2.67 bits per heavy atom. The summed E-state index contributed by atoms with van der Waals surface area (Å²) in [6.45, 7) is 8.36. The van der Waals surface area contributed by atoms with Gasteiger partial charge in [0.05, 0.1) is 0 Å². The maximum atomic E-state index is 11.9. The fraction of sp³-hybridized carbons (Fsp3) is 0.917. The highest BCUT2D eigenvalue weighted by molar-refractivity contribution is 5.78. The highest BCUT2D eigenvalue weighted by Crippen LogP contribution is 2.21. The number of nitrogens with zero attached hydrogens (tertiary/aromatic N) is 2. The number of fused-ring (bicyclic) bond motifs is 1. The normalized spacial score (nSPS) is 27.9. The van der Waals surface area contributed by atoms with Gasteiger partial charge < -0.3 is 4.90 Å². The van der Waals surface area contributed by atoms with Crippen LogP contribution in [0.3, 0.4) is 0 Å². The van der Waals surface area contributed by atoms with Gasteiger partial charge in [-0.25, -0.2) is 0 Å². The summed E-state index contributed by atoms with van der Waals surface area (Å²) in [5.74, 6) is 0.488. The molecule has 0 spiro atoms. The van der Waals surface area contributed by atoms with Gasteiger partial charge in [-0.15, -0.1) is 0 Å². The molecule has 0 saturated carbocycles. The predicted molar refractivity (Wildman–Crippen MR) is 60.6 cm³/mol. The first-order valence-corrected chi connectivity index (χ1v) is 6.21. The van der Waals surface area contributed by atoms with E-state index < -0.39 is 0 Å². The number of amides is 1. The Morgan fingerprint density at radius 2 is 1.93 bits per heavy atom. The standard InChI is InChI=1S/C12H22N2O/c1-10(2)12(15)14-8-4-7-13-6-3-5-11(13)9-14/h10-11H,3-9H2,1-2H3. The van der Waals surface area contributed by atoms with Gasteiger partial charge in [-0.1, -0.05) is 13.8 Å². The van der Waals surface area contributed by atoms with Crippen LogP contribution in [0.5, 0.6) is 0 Å². The van der Waals surface area contributed by atoms with Crippen LogP contribution in [0.2, 0.25) is 0 Å². The van der Waals surface area contributed by atoms with Crippen molar-refractivity contribution >= 4 is 5.91 Å². The fourth-order valence-corrected chi connectivity index (χ4v) is 2.77. The van der Waals surface area contributed by atoms with Crippen molar-refractivity contribution in [2.45, 2.75) is 39.2 Å². The van der Waals surface area contributed by atoms with Crippen molar-refractivity contribution < 1.29 is 4.79 Å². The van der Waals surface area contributed by atoms with E-state index in [9.17, 15) is 4.79 Å². The molecule has 1 atom stereocenters. The summed E-state index contributed by atoms with van der Waals surface area (Å²) in [6, 6.07) is 0.648. The van der Waals surface area contributed by atoms with Crippen molar-refractivity contribution in [3.05, 3.63) is 0 Å². The molecule has 0 aromatic rings. The number of carbonyl (C=O) groups is 1. The summed E-state index contributed by atoms with van der Waals surface area (Å²) in [7, 11) is 0. The zero-order valence-electron chi connectivity index (χ0n) is 9.91. The monoisotopic (exact) mass is 210 g/mol. The maximum Gasteiger partial charge on any atom is 0.225 e. The predicted octanol–water partition coefficient (Wildman–Crippen LogP) is 1.34. The van der Waals surface area contributed by atoms with E-state index in [0.717, 1.165) is 19.5 Å². The smallest absolute Gasteiger partial charge is 0.225 e. The topological polar surface area (TPSA) is 23.6 Å². The molecule has 0 aromatic carbocycles. The second kappa shape index (κ2) is 4.52. The zero-order chi connectivity index (χ0) is 10.8. The Hall–Kier alpha value is -0.570. The van der Waals surface area contributed by atoms with Gasteiger partial charge >= 0.3 is 0 Å². The van der Waals surface area contributed by atoms with Crippen molar-refractivity contribution in [3.8, 4) is 0 Å². The highest BCUT2D eigenvalue weighted by atomic mass is 16.2. The average molecular weight is 210 g/mol. The fourth-order valence-electron chi connectivity index (χ4n) is 2.77. The molecule has 1 amide bonds. The van der Waals surface area contributed by atoms with Crippen LogP contribution in [-0.2, 0) is 4.79 Å². The number of hydrogen-bond donors (Lipinski definition) is 0. The van der Waals surface area contributed by atoms with Crippen molar-refractivity contribution in [1.82, 2.24) is 9.80 Å². The Labute approximate surface area is 92.4 Å². The number of hydrogen-bond acceptors (Lipinski definition) is 2. The van der Waals surface area contributed by atoms with Crippen LogP contribution in [-0.4, -0.2) is 47.9 Å². The number of rotatable bonds is 1. The molecule has 2 heterocycles. The van der Waals surface area contributed by atoms with Crippen molar-refractivity contribution in [2.24, 2.45) is 5.92 Å². The Balaban J connectivity index is 1.99. The summed E-state index contributed by atoms with van der Waals surface area (Å²) in [5, 5.41) is 0. The van der Waals surface area contributed by atoms with Crippen molar-refractivity contribution in [2.75, 3.05) is 26.2 Å². The molecule has 0 aliphatic carbocycles. The second-order valence-electron chi connectivity index (χ2n) is 5.12. The van der Waals surface area contributed by atoms with Crippen LogP contribution in [0.1, 0.15) is 33.1 Å². The van der Waals surface area contributed by atoms with Crippen molar-refractivity contribution in [1.29, 1.82) is 0 Å². The van der Waals surface area contributed by atoms with E-state index in [0.29, 0.717) is 11.9 Å². The van der Waals surface area contributed by atoms with E-state index >= 15 is 0 Å². The summed E-state index contributed by atoms with van der Waals surface area (Å²) in [5.41, 5.74) is 0. The molecule has 0 bridgehead atoms. The molecule has 0 radical (unpaired) electrons. The highest BCUT2D eigenvalue weighted by Gasteiger charge is 2.30. The molecule has 2 fully saturated rings. The molecule has 3 heteroatoms. The Bertz CT molecular complexity index is 240. The third-order valence-corrected chi connectivity index (χ3v) is 3.61. The van der Waals surface area contributed by atoms with Crippen molar-refractivity contribution in [3.63, 3.8) is 0 Å². The second-order valence-corrected chi connectivity index (χ2v) is 5.12. The lowest BCUT2D eigenvalue weighted by Gasteiger charge is -2.26. The molecule has 15 heavy (non-hydrogen) atoms. The minimum absolute atomic E-state index is 0.151. The molecule has 3 nitrogen and oxygen atoms in total. The van der Waals surface area contributed by atoms with E-state index in [1.54, 1.807) is 0 Å². The third kappa shape index (κ3) is 2.33. The maximum absolute atomic E-state index is 11.9. The first-order valence-electron chi connectivity index (χ1n) is 6.21. The first kappa shape index (κ1) is 10.9. The molecular weight excluding hydrogens is 188 g/mol. The van der Waals surface area contributed by atoms with Crippen LogP contribution < -0.4 is 0 Å². The quantitative estimate of drug-likeness (QED) is 0.652. The summed E-state index contributed by atoms with van der Waals surface area (Å²) in [4.78, 5) is 16.6. The zero-order valence-corrected chi connectivity index (χ0v) is 9.91. The summed E-state index contributed by atoms with van der Waals surface area (Å²) in [6.07, 6.45) is 3.74. The molecule has 0 N–H and O–H groups in total. The summed E-state index contributed by atoms with van der Waals surface area (Å²) < 4.78 is 0. The van der Waals surface area contributed by atoms with E-state index in [1.165, 1.54) is 25.9 Å². The van der Waals surface area contributed by atoms with Gasteiger partial charge in [0.1, 0.15) is 0 Å². The van der Waals surface area contributed by atoms with E-state index in [1.807, 2.05) is 13.8 Å². The van der Waals surface area contributed by atoms with Gasteiger partial charge in [0.15, 0.2) is 0 Å². The molecular formula is C12H22N2O. The first-order chi connectivity index (χ1) is 7.18. The van der Waals surface area contributed by atoms with Crippen LogP contribution in [0, 0.1) is 5.92 Å². The van der Waals surface area contributed by atoms with Crippen LogP contribution in [0.25, 0.3) is 0 Å². The molecule has 2 rings (SSSR count). The van der Waals surface area contributed by atoms with Gasteiger partial charge in [0.25, 0.3) is 0 Å². The minimum atomic E-state index is 0.151. The lowest BCUT2D eigenvalue weighted by Crippen LogP contribution is -2.41. The lowest BCUT2D eigenvalue weighted by atomic mass is 10.1. The van der Waals surface area contributed by atoms with E-state index in [-0.39, 0.29) is 5.92 Å². The van der Waals surface area contributed by atoms with E-state index in [2.05, 4.69) is 9.80 Å². The SMILES string of the molecule is CC(C)C(=O)N1CCCN2CCCC2C1. The molecule has 2 aliphatic rings. The molecule has 86 valence electrons. The molecule has 2 saturated heterocycles.